The van der Waals surface area contributed by atoms with Crippen molar-refractivity contribution in [2.75, 3.05) is 20.2 Å². The lowest BCUT2D eigenvalue weighted by atomic mass is 10.1. The summed E-state index contributed by atoms with van der Waals surface area (Å²) in [5.41, 5.74) is 0.912. The Balaban J connectivity index is 0.00000264. The number of carbonyl (C=O) groups is 2. The summed E-state index contributed by atoms with van der Waals surface area (Å²) in [5.74, 6) is -0.520. The number of carboxylic acid groups (broad SMARTS) is 1. The second-order valence-electron chi connectivity index (χ2n) is 5.52. The minimum absolute atomic E-state index is 0. The smallest absolute Gasteiger partial charge is 0.307 e. The van der Waals surface area contributed by atoms with E-state index in [0.29, 0.717) is 26.1 Å². The molecule has 0 saturated carbocycles. The van der Waals surface area contributed by atoms with Gasteiger partial charge in [0.25, 0.3) is 0 Å². The van der Waals surface area contributed by atoms with Crippen LogP contribution in [0, 0.1) is 5.92 Å². The van der Waals surface area contributed by atoms with Gasteiger partial charge in [0.1, 0.15) is 5.75 Å². The van der Waals surface area contributed by atoms with Crippen molar-refractivity contribution in [2.24, 2.45) is 5.92 Å². The molecule has 0 aliphatic carbocycles. The van der Waals surface area contributed by atoms with Crippen LogP contribution in [0.3, 0.4) is 0 Å². The van der Waals surface area contributed by atoms with Gasteiger partial charge < -0.3 is 15.2 Å². The number of aliphatic carboxylic acids is 1. The number of benzene rings is 1. The van der Waals surface area contributed by atoms with E-state index in [-0.39, 0.29) is 30.3 Å². The molecule has 7 heteroatoms. The van der Waals surface area contributed by atoms with Gasteiger partial charge in [-0.25, -0.2) is 0 Å². The second-order valence-corrected chi connectivity index (χ2v) is 5.52. The fraction of sp³-hybridized carbons (Fsp3) is 0.500. The van der Waals surface area contributed by atoms with E-state index in [9.17, 15) is 9.59 Å². The van der Waals surface area contributed by atoms with E-state index in [1.807, 2.05) is 36.1 Å². The number of halogens is 1. The summed E-state index contributed by atoms with van der Waals surface area (Å²) < 4.78 is 5.25. The first-order chi connectivity index (χ1) is 10.5. The van der Waals surface area contributed by atoms with Crippen molar-refractivity contribution in [3.05, 3.63) is 29.8 Å². The molecule has 0 aromatic heterocycles. The molecule has 1 amide bonds. The molecule has 0 bridgehead atoms. The van der Waals surface area contributed by atoms with Crippen molar-refractivity contribution < 1.29 is 19.4 Å². The Morgan fingerprint density at radius 3 is 2.74 bits per heavy atom. The van der Waals surface area contributed by atoms with E-state index in [2.05, 4.69) is 5.32 Å². The van der Waals surface area contributed by atoms with Crippen LogP contribution in [0.5, 0.6) is 5.75 Å². The van der Waals surface area contributed by atoms with E-state index >= 15 is 0 Å². The highest BCUT2D eigenvalue weighted by Gasteiger charge is 2.32. The molecule has 2 unspecified atom stereocenters. The third-order valence-corrected chi connectivity index (χ3v) is 4.14. The summed E-state index contributed by atoms with van der Waals surface area (Å²) in [6, 6.07) is 7.19. The Bertz CT molecular complexity index is 553. The van der Waals surface area contributed by atoms with Crippen LogP contribution >= 0.6 is 12.4 Å². The van der Waals surface area contributed by atoms with Gasteiger partial charge in [0.15, 0.2) is 0 Å². The highest BCUT2D eigenvalue weighted by Crippen LogP contribution is 2.20. The van der Waals surface area contributed by atoms with Crippen LogP contribution in [-0.4, -0.2) is 48.1 Å². The molecule has 0 spiro atoms. The first kappa shape index (κ1) is 19.3. The highest BCUT2D eigenvalue weighted by atomic mass is 35.5. The minimum atomic E-state index is -0.788. The van der Waals surface area contributed by atoms with Crippen molar-refractivity contribution in [3.8, 4) is 5.75 Å². The molecule has 1 aliphatic heterocycles. The van der Waals surface area contributed by atoms with Gasteiger partial charge in [-0.05, 0) is 26.0 Å². The lowest BCUT2D eigenvalue weighted by molar-refractivity contribution is -0.141. The molecule has 1 aromatic carbocycles. The van der Waals surface area contributed by atoms with Gasteiger partial charge in [-0.3, -0.25) is 14.5 Å². The van der Waals surface area contributed by atoms with Gasteiger partial charge in [0, 0.05) is 18.7 Å². The van der Waals surface area contributed by atoms with E-state index in [4.69, 9.17) is 9.84 Å². The molecule has 1 saturated heterocycles. The number of nitrogens with one attached hydrogen (secondary N) is 1. The number of hydrogen-bond donors (Lipinski definition) is 2. The lowest BCUT2D eigenvalue weighted by Crippen LogP contribution is -2.44. The van der Waals surface area contributed by atoms with Crippen LogP contribution in [0.4, 0.5) is 0 Å². The van der Waals surface area contributed by atoms with Crippen molar-refractivity contribution in [1.29, 1.82) is 0 Å². The summed E-state index contributed by atoms with van der Waals surface area (Å²) in [4.78, 5) is 25.1. The molecule has 2 N–H and O–H groups in total. The third kappa shape index (κ3) is 4.84. The third-order valence-electron chi connectivity index (χ3n) is 4.14. The number of nitrogens with zero attached hydrogens (tertiary/aromatic N) is 1. The lowest BCUT2D eigenvalue weighted by Gasteiger charge is -2.23. The molecule has 0 radical (unpaired) electrons. The number of amides is 1. The molecular formula is C16H23ClN2O4. The van der Waals surface area contributed by atoms with E-state index < -0.39 is 5.97 Å². The van der Waals surface area contributed by atoms with Crippen molar-refractivity contribution in [1.82, 2.24) is 10.2 Å². The van der Waals surface area contributed by atoms with Crippen LogP contribution in [0.2, 0.25) is 0 Å². The van der Waals surface area contributed by atoms with Gasteiger partial charge in [0.05, 0.1) is 19.1 Å². The molecule has 6 nitrogen and oxygen atoms in total. The van der Waals surface area contributed by atoms with Gasteiger partial charge in [-0.1, -0.05) is 18.2 Å². The largest absolute Gasteiger partial charge is 0.496 e. The zero-order chi connectivity index (χ0) is 16.1. The number of likely N-dealkylation sites (tertiary alicyclic amines) is 1. The summed E-state index contributed by atoms with van der Waals surface area (Å²) in [6.45, 7) is 3.27. The number of ether oxygens (including phenoxy) is 1. The summed E-state index contributed by atoms with van der Waals surface area (Å²) in [6.07, 6.45) is 0.597. The van der Waals surface area contributed by atoms with Gasteiger partial charge in [-0.15, -0.1) is 12.4 Å². The van der Waals surface area contributed by atoms with Crippen LogP contribution in [0.15, 0.2) is 24.3 Å². The molecule has 128 valence electrons. The molecule has 2 rings (SSSR count). The second kappa shape index (κ2) is 8.74. The molecule has 1 heterocycles. The standard InChI is InChI=1S/C16H22N2O4.ClH/c1-11(18-8-7-13(10-18)16(20)21)15(19)17-9-12-5-3-4-6-14(12)22-2;/h3-6,11,13H,7-10H2,1-2H3,(H,17,19)(H,20,21);1H. The SMILES string of the molecule is COc1ccccc1CNC(=O)C(C)N1CCC(C(=O)O)C1.Cl. The number of hydrogen-bond acceptors (Lipinski definition) is 4. The van der Waals surface area contributed by atoms with Gasteiger partial charge in [-0.2, -0.15) is 0 Å². The topological polar surface area (TPSA) is 78.9 Å². The first-order valence-electron chi connectivity index (χ1n) is 7.39. The van der Waals surface area contributed by atoms with E-state index in [1.54, 1.807) is 7.11 Å². The normalized spacial score (nSPS) is 18.8. The predicted molar refractivity (Wildman–Crippen MR) is 88.9 cm³/mol. The molecule has 1 aliphatic rings. The summed E-state index contributed by atoms with van der Waals surface area (Å²) in [7, 11) is 1.60. The van der Waals surface area contributed by atoms with Crippen LogP contribution in [-0.2, 0) is 16.1 Å². The monoisotopic (exact) mass is 342 g/mol. The fourth-order valence-electron chi connectivity index (χ4n) is 2.69. The number of methoxy groups -OCH3 is 1. The number of carbonyl (C=O) groups excluding carboxylic acids is 1. The zero-order valence-corrected chi connectivity index (χ0v) is 14.1. The van der Waals surface area contributed by atoms with Crippen molar-refractivity contribution >= 4 is 24.3 Å². The average molecular weight is 343 g/mol. The molecule has 1 fully saturated rings. The van der Waals surface area contributed by atoms with Gasteiger partial charge in [0.2, 0.25) is 5.91 Å². The molecule has 23 heavy (non-hydrogen) atoms. The Morgan fingerprint density at radius 2 is 2.13 bits per heavy atom. The summed E-state index contributed by atoms with van der Waals surface area (Å²) in [5, 5.41) is 11.9. The fourth-order valence-corrected chi connectivity index (χ4v) is 2.69. The Labute approximate surface area is 142 Å². The minimum Gasteiger partial charge on any atom is -0.496 e. The quantitative estimate of drug-likeness (QED) is 0.819. The van der Waals surface area contributed by atoms with E-state index in [1.165, 1.54) is 0 Å². The highest BCUT2D eigenvalue weighted by molar-refractivity contribution is 5.85. The molecule has 1 aromatic rings. The average Bonchev–Trinajstić information content (AvgIpc) is 3.02. The van der Waals surface area contributed by atoms with Crippen molar-refractivity contribution in [3.63, 3.8) is 0 Å². The van der Waals surface area contributed by atoms with E-state index in [0.717, 1.165) is 11.3 Å². The summed E-state index contributed by atoms with van der Waals surface area (Å²) >= 11 is 0. The number of carboxylic acids is 1. The Morgan fingerprint density at radius 1 is 1.43 bits per heavy atom. The number of rotatable bonds is 6. The Kier molecular flexibility index (Phi) is 7.32. The maximum absolute atomic E-state index is 12.2. The predicted octanol–water partition coefficient (Wildman–Crippen LogP) is 1.53. The maximum atomic E-state index is 12.2. The Hall–Kier alpha value is -1.79. The van der Waals surface area contributed by atoms with Crippen LogP contribution < -0.4 is 10.1 Å². The van der Waals surface area contributed by atoms with Crippen molar-refractivity contribution in [2.45, 2.75) is 25.9 Å². The van der Waals surface area contributed by atoms with Crippen LogP contribution in [0.1, 0.15) is 18.9 Å². The van der Waals surface area contributed by atoms with Crippen LogP contribution in [0.25, 0.3) is 0 Å². The maximum Gasteiger partial charge on any atom is 0.307 e. The molecular weight excluding hydrogens is 320 g/mol. The number of para-hydroxylation sites is 1. The first-order valence-corrected chi connectivity index (χ1v) is 7.39. The zero-order valence-electron chi connectivity index (χ0n) is 13.3. The molecule has 2 atom stereocenters. The van der Waals surface area contributed by atoms with Gasteiger partial charge >= 0.3 is 5.97 Å².